The molecule has 2 aromatic carbocycles. The minimum atomic E-state index is -0.643. The minimum absolute atomic E-state index is 0.0691. The van der Waals surface area contributed by atoms with Crippen LogP contribution in [0.3, 0.4) is 0 Å². The summed E-state index contributed by atoms with van der Waals surface area (Å²) in [6.45, 7) is 2.73. The third-order valence-electron chi connectivity index (χ3n) is 8.12. The van der Waals surface area contributed by atoms with Gasteiger partial charge in [-0.2, -0.15) is 0 Å². The zero-order valence-corrected chi connectivity index (χ0v) is 25.3. The molecule has 5 heterocycles. The van der Waals surface area contributed by atoms with E-state index in [2.05, 4.69) is 30.2 Å². The summed E-state index contributed by atoms with van der Waals surface area (Å²) < 4.78 is 14.3. The Morgan fingerprint density at radius 3 is 2.61 bits per heavy atom. The first kappa shape index (κ1) is 29.2. The fraction of sp³-hybridized carbons (Fsp3) is 0.273. The lowest BCUT2D eigenvalue weighted by atomic mass is 10.0. The molecule has 46 heavy (non-hydrogen) atoms. The van der Waals surface area contributed by atoms with Crippen molar-refractivity contribution in [1.29, 1.82) is 0 Å². The van der Waals surface area contributed by atoms with Gasteiger partial charge < -0.3 is 14.8 Å². The SMILES string of the molecule is CCC(Nc1ncnc2c1ncn2C1CCCCO1)c1nc2cccc(-c3cnc(C(=O)OC)nc3)c2c(=O)n1-c1ccccc1. The number of hydrogen-bond donors (Lipinski definition) is 1. The second-order valence-electron chi connectivity index (χ2n) is 10.9. The molecule has 6 aromatic rings. The molecule has 4 aromatic heterocycles. The smallest absolute Gasteiger partial charge is 0.376 e. The van der Waals surface area contributed by atoms with Gasteiger partial charge in [0.05, 0.1) is 36.1 Å². The van der Waals surface area contributed by atoms with Gasteiger partial charge in [-0.1, -0.05) is 37.3 Å². The number of rotatable bonds is 8. The summed E-state index contributed by atoms with van der Waals surface area (Å²) in [7, 11) is 1.27. The normalized spacial score (nSPS) is 15.6. The zero-order valence-electron chi connectivity index (χ0n) is 25.3. The Kier molecular flexibility index (Phi) is 7.89. The van der Waals surface area contributed by atoms with Crippen LogP contribution in [0.25, 0.3) is 38.9 Å². The monoisotopic (exact) mass is 617 g/mol. The van der Waals surface area contributed by atoms with Gasteiger partial charge in [-0.3, -0.25) is 13.9 Å². The maximum Gasteiger partial charge on any atom is 0.376 e. The van der Waals surface area contributed by atoms with Crippen molar-refractivity contribution < 1.29 is 14.3 Å². The molecule has 0 amide bonds. The van der Waals surface area contributed by atoms with E-state index >= 15 is 0 Å². The number of carbonyl (C=O) groups is 1. The van der Waals surface area contributed by atoms with Crippen LogP contribution in [-0.4, -0.2) is 58.7 Å². The molecule has 0 aliphatic carbocycles. The largest absolute Gasteiger partial charge is 0.463 e. The summed E-state index contributed by atoms with van der Waals surface area (Å²) in [5.41, 5.74) is 3.36. The van der Waals surface area contributed by atoms with Crippen LogP contribution in [0.1, 0.15) is 61.3 Å². The van der Waals surface area contributed by atoms with Crippen LogP contribution in [0.4, 0.5) is 5.82 Å². The number of imidazole rings is 1. The maximum atomic E-state index is 14.6. The van der Waals surface area contributed by atoms with Crippen LogP contribution in [0.15, 0.2) is 78.4 Å². The summed E-state index contributed by atoms with van der Waals surface area (Å²) >= 11 is 0. The number of anilines is 1. The Labute approximate surface area is 263 Å². The molecule has 13 nitrogen and oxygen atoms in total. The molecule has 1 aliphatic heterocycles. The zero-order chi connectivity index (χ0) is 31.6. The Morgan fingerprint density at radius 2 is 1.87 bits per heavy atom. The second-order valence-corrected chi connectivity index (χ2v) is 10.9. The highest BCUT2D eigenvalue weighted by Crippen LogP contribution is 2.31. The minimum Gasteiger partial charge on any atom is -0.463 e. The lowest BCUT2D eigenvalue weighted by Crippen LogP contribution is -2.28. The summed E-state index contributed by atoms with van der Waals surface area (Å²) in [5.74, 6) is 0.343. The predicted molar refractivity (Wildman–Crippen MR) is 171 cm³/mol. The number of esters is 1. The molecular weight excluding hydrogens is 586 g/mol. The fourth-order valence-corrected chi connectivity index (χ4v) is 5.84. The number of aromatic nitrogens is 8. The van der Waals surface area contributed by atoms with Crippen molar-refractivity contribution in [3.05, 3.63) is 95.6 Å². The second kappa shape index (κ2) is 12.4. The average Bonchev–Trinajstić information content (AvgIpc) is 3.56. The Hall–Kier alpha value is -5.56. The molecule has 1 fully saturated rings. The molecule has 1 saturated heterocycles. The Morgan fingerprint density at radius 1 is 1.04 bits per heavy atom. The lowest BCUT2D eigenvalue weighted by Gasteiger charge is -2.24. The van der Waals surface area contributed by atoms with Gasteiger partial charge in [-0.25, -0.2) is 34.7 Å². The highest BCUT2D eigenvalue weighted by molar-refractivity contribution is 5.94. The first-order chi connectivity index (χ1) is 22.6. The van der Waals surface area contributed by atoms with Crippen molar-refractivity contribution in [2.45, 2.75) is 44.9 Å². The molecule has 0 bridgehead atoms. The summed E-state index contributed by atoms with van der Waals surface area (Å²) in [4.78, 5) is 53.6. The Balaban J connectivity index is 1.35. The number of benzene rings is 2. The summed E-state index contributed by atoms with van der Waals surface area (Å²) in [6.07, 6.45) is 9.75. The first-order valence-corrected chi connectivity index (χ1v) is 15.1. The number of nitrogens with one attached hydrogen (secondary N) is 1. The van der Waals surface area contributed by atoms with E-state index in [1.165, 1.54) is 25.8 Å². The van der Waals surface area contributed by atoms with Crippen LogP contribution >= 0.6 is 0 Å². The van der Waals surface area contributed by atoms with Crippen molar-refractivity contribution in [3.63, 3.8) is 0 Å². The van der Waals surface area contributed by atoms with Gasteiger partial charge in [-0.05, 0) is 49.4 Å². The standard InChI is InChI=1S/C33H31N9O4/c1-3-23(39-28-27-31(37-18-36-28)41(19-38-27)25-14-7-8-15-46-25)30-40-24-13-9-12-22(20-16-34-29(35-17-20)33(44)45-2)26(24)32(43)42(30)21-10-5-4-6-11-21/h4-6,9-13,16-19,23,25H,3,7-8,14-15H2,1-2H3,(H,36,37,39). The molecule has 7 rings (SSSR count). The highest BCUT2D eigenvalue weighted by Gasteiger charge is 2.25. The predicted octanol–water partition coefficient (Wildman–Crippen LogP) is 5.03. The number of fused-ring (bicyclic) bond motifs is 2. The number of hydrogen-bond acceptors (Lipinski definition) is 11. The topological polar surface area (TPSA) is 152 Å². The van der Waals surface area contributed by atoms with E-state index in [0.717, 1.165) is 19.3 Å². The van der Waals surface area contributed by atoms with E-state index in [4.69, 9.17) is 14.5 Å². The van der Waals surface area contributed by atoms with E-state index in [1.54, 1.807) is 10.9 Å². The molecule has 232 valence electrons. The number of methoxy groups -OCH3 is 1. The van der Waals surface area contributed by atoms with Crippen molar-refractivity contribution >= 4 is 33.9 Å². The van der Waals surface area contributed by atoms with Gasteiger partial charge in [0.25, 0.3) is 5.56 Å². The molecule has 1 N–H and O–H groups in total. The van der Waals surface area contributed by atoms with E-state index in [1.807, 2.05) is 60.0 Å². The first-order valence-electron chi connectivity index (χ1n) is 15.1. The van der Waals surface area contributed by atoms with Gasteiger partial charge in [0, 0.05) is 24.6 Å². The van der Waals surface area contributed by atoms with Crippen LogP contribution in [0.5, 0.6) is 0 Å². The maximum absolute atomic E-state index is 14.6. The molecule has 0 radical (unpaired) electrons. The molecule has 1 aliphatic rings. The fourth-order valence-electron chi connectivity index (χ4n) is 5.84. The quantitative estimate of drug-likeness (QED) is 0.229. The van der Waals surface area contributed by atoms with Crippen LogP contribution in [0.2, 0.25) is 0 Å². The van der Waals surface area contributed by atoms with Gasteiger partial charge in [0.15, 0.2) is 17.0 Å². The van der Waals surface area contributed by atoms with Gasteiger partial charge in [-0.15, -0.1) is 0 Å². The molecular formula is C33H31N9O4. The number of ether oxygens (including phenoxy) is 2. The van der Waals surface area contributed by atoms with Crippen molar-refractivity contribution in [3.8, 4) is 16.8 Å². The molecule has 2 unspecified atom stereocenters. The summed E-state index contributed by atoms with van der Waals surface area (Å²) in [5, 5.41) is 3.92. The molecule has 13 heteroatoms. The van der Waals surface area contributed by atoms with Gasteiger partial charge in [0.2, 0.25) is 5.82 Å². The van der Waals surface area contributed by atoms with Crippen LogP contribution < -0.4 is 10.9 Å². The number of carbonyl (C=O) groups excluding carboxylic acids is 1. The van der Waals surface area contributed by atoms with E-state index in [-0.39, 0.29) is 17.6 Å². The molecule has 0 spiro atoms. The van der Waals surface area contributed by atoms with Crippen LogP contribution in [0, 0.1) is 0 Å². The highest BCUT2D eigenvalue weighted by atomic mass is 16.5. The molecule has 2 atom stereocenters. The Bertz CT molecular complexity index is 2090. The lowest BCUT2D eigenvalue weighted by molar-refractivity contribution is -0.0298. The van der Waals surface area contributed by atoms with E-state index < -0.39 is 12.0 Å². The van der Waals surface area contributed by atoms with Crippen molar-refractivity contribution in [2.24, 2.45) is 0 Å². The van der Waals surface area contributed by atoms with Gasteiger partial charge in [0.1, 0.15) is 18.4 Å². The van der Waals surface area contributed by atoms with Crippen molar-refractivity contribution in [1.82, 2.24) is 39.0 Å². The van der Waals surface area contributed by atoms with Crippen LogP contribution in [-0.2, 0) is 9.47 Å². The average molecular weight is 618 g/mol. The molecule has 0 saturated carbocycles. The number of nitrogens with zero attached hydrogens (tertiary/aromatic N) is 8. The summed E-state index contributed by atoms with van der Waals surface area (Å²) in [6, 6.07) is 14.4. The third-order valence-corrected chi connectivity index (χ3v) is 8.12. The number of para-hydroxylation sites is 1. The van der Waals surface area contributed by atoms with Gasteiger partial charge >= 0.3 is 5.97 Å². The third kappa shape index (κ3) is 5.24. The van der Waals surface area contributed by atoms with Crippen molar-refractivity contribution in [2.75, 3.05) is 19.0 Å². The van der Waals surface area contributed by atoms with E-state index in [0.29, 0.717) is 63.6 Å². The van der Waals surface area contributed by atoms with E-state index in [9.17, 15) is 9.59 Å².